The van der Waals surface area contributed by atoms with E-state index in [4.69, 9.17) is 5.11 Å². The van der Waals surface area contributed by atoms with Gasteiger partial charge in [-0.25, -0.2) is 0 Å². The lowest BCUT2D eigenvalue weighted by Crippen LogP contribution is -2.46. The van der Waals surface area contributed by atoms with Crippen LogP contribution in [0.25, 0.3) is 0 Å². The summed E-state index contributed by atoms with van der Waals surface area (Å²) in [6.07, 6.45) is -1.16. The number of thiol groups is 2. The van der Waals surface area contributed by atoms with Gasteiger partial charge in [-0.05, 0) is 0 Å². The van der Waals surface area contributed by atoms with E-state index in [0.717, 1.165) is 0 Å². The third-order valence-electron chi connectivity index (χ3n) is 2.97. The first-order valence-electron chi connectivity index (χ1n) is 7.91. The number of amides is 3. The van der Waals surface area contributed by atoms with Gasteiger partial charge in [-0.3, -0.25) is 14.4 Å². The monoisotopic (exact) mass is 397 g/mol. The van der Waals surface area contributed by atoms with Crippen LogP contribution in [0.1, 0.15) is 27.2 Å². The Morgan fingerprint density at radius 3 is 1.92 bits per heavy atom. The van der Waals surface area contributed by atoms with Crippen molar-refractivity contribution in [2.24, 2.45) is 5.41 Å². The Bertz CT molecular complexity index is 409. The molecule has 0 aromatic rings. The van der Waals surface area contributed by atoms with E-state index in [2.05, 4.69) is 41.2 Å². The molecule has 1 unspecified atom stereocenters. The summed E-state index contributed by atoms with van der Waals surface area (Å²) >= 11 is 7.83. The Morgan fingerprint density at radius 2 is 1.52 bits per heavy atom. The Hall–Kier alpha value is -0.970. The van der Waals surface area contributed by atoms with Crippen molar-refractivity contribution in [1.29, 1.82) is 0 Å². The van der Waals surface area contributed by atoms with E-state index < -0.39 is 17.4 Å². The number of hydrogen-bond acceptors (Lipinski definition) is 7. The van der Waals surface area contributed by atoms with Gasteiger partial charge in [0.1, 0.15) is 6.10 Å². The Labute approximate surface area is 160 Å². The molecule has 0 aromatic carbocycles. The van der Waals surface area contributed by atoms with Gasteiger partial charge in [0.15, 0.2) is 0 Å². The van der Waals surface area contributed by atoms with E-state index in [9.17, 15) is 19.5 Å². The second-order valence-corrected chi connectivity index (χ2v) is 6.76. The largest absolute Gasteiger partial charge is 0.396 e. The van der Waals surface area contributed by atoms with E-state index in [1.165, 1.54) is 6.92 Å². The van der Waals surface area contributed by atoms with Crippen molar-refractivity contribution in [2.75, 3.05) is 37.7 Å². The minimum Gasteiger partial charge on any atom is -0.396 e. The molecular formula is C15H31N3O5S2. The lowest BCUT2D eigenvalue weighted by Gasteiger charge is -2.27. The highest BCUT2D eigenvalue weighted by Gasteiger charge is 2.32. The van der Waals surface area contributed by atoms with Crippen molar-refractivity contribution in [1.82, 2.24) is 16.0 Å². The summed E-state index contributed by atoms with van der Waals surface area (Å²) in [5.74, 6) is 0.506. The van der Waals surface area contributed by atoms with Gasteiger partial charge in [0.2, 0.25) is 17.7 Å². The number of carbonyl (C=O) groups excluding carboxylic acids is 3. The summed E-state index contributed by atoms with van der Waals surface area (Å²) in [7, 11) is 0. The van der Waals surface area contributed by atoms with Crippen LogP contribution in [0.4, 0.5) is 0 Å². The minimum atomic E-state index is -1.30. The van der Waals surface area contributed by atoms with Crippen molar-refractivity contribution in [2.45, 2.75) is 33.3 Å². The van der Waals surface area contributed by atoms with Gasteiger partial charge in [0.05, 0.1) is 6.61 Å². The van der Waals surface area contributed by atoms with Crippen molar-refractivity contribution in [3.63, 3.8) is 0 Å². The number of aliphatic hydroxyl groups excluding tert-OH is 2. The predicted molar refractivity (Wildman–Crippen MR) is 104 cm³/mol. The summed E-state index contributed by atoms with van der Waals surface area (Å²) in [6, 6.07) is 0. The minimum absolute atomic E-state index is 0.00838. The van der Waals surface area contributed by atoms with Crippen LogP contribution in [0.3, 0.4) is 0 Å². The first-order valence-corrected chi connectivity index (χ1v) is 9.18. The fourth-order valence-corrected chi connectivity index (χ4v) is 1.58. The first-order chi connectivity index (χ1) is 11.6. The maximum atomic E-state index is 11.5. The number of aliphatic hydroxyl groups is 2. The molecule has 1 atom stereocenters. The van der Waals surface area contributed by atoms with E-state index >= 15 is 0 Å². The molecule has 25 heavy (non-hydrogen) atoms. The highest BCUT2D eigenvalue weighted by Crippen LogP contribution is 2.19. The number of carbonyl (C=O) groups is 3. The molecule has 0 saturated carbocycles. The average molecular weight is 398 g/mol. The average Bonchev–Trinajstić information content (AvgIpc) is 2.57. The highest BCUT2D eigenvalue weighted by molar-refractivity contribution is 7.80. The fraction of sp³-hybridized carbons (Fsp3) is 0.800. The van der Waals surface area contributed by atoms with E-state index in [-0.39, 0.29) is 31.4 Å². The summed E-state index contributed by atoms with van der Waals surface area (Å²) in [5, 5.41) is 26.3. The van der Waals surface area contributed by atoms with E-state index in [1.54, 1.807) is 13.8 Å². The first kappa shape index (κ1) is 26.3. The van der Waals surface area contributed by atoms with Crippen molar-refractivity contribution >= 4 is 43.0 Å². The second-order valence-electron chi connectivity index (χ2n) is 5.87. The molecule has 3 amide bonds. The summed E-state index contributed by atoms with van der Waals surface area (Å²) in [5.41, 5.74) is -0.904. The van der Waals surface area contributed by atoms with Crippen LogP contribution in [-0.2, 0) is 14.4 Å². The quantitative estimate of drug-likeness (QED) is 0.237. The molecule has 0 aliphatic rings. The van der Waals surface area contributed by atoms with Crippen molar-refractivity contribution in [3.8, 4) is 0 Å². The Kier molecular flexibility index (Phi) is 16.1. The molecule has 0 saturated heterocycles. The molecule has 0 heterocycles. The third kappa shape index (κ3) is 15.0. The van der Waals surface area contributed by atoms with Gasteiger partial charge in [0, 0.05) is 49.9 Å². The zero-order valence-electron chi connectivity index (χ0n) is 15.0. The molecule has 148 valence electrons. The number of rotatable bonds is 10. The van der Waals surface area contributed by atoms with Crippen LogP contribution < -0.4 is 16.0 Å². The molecule has 0 aromatic heterocycles. The topological polar surface area (TPSA) is 128 Å². The Morgan fingerprint density at radius 1 is 1.00 bits per heavy atom. The second kappa shape index (κ2) is 15.3. The smallest absolute Gasteiger partial charge is 0.249 e. The summed E-state index contributed by atoms with van der Waals surface area (Å²) in [4.78, 5) is 32.8. The van der Waals surface area contributed by atoms with Crippen molar-refractivity contribution in [3.05, 3.63) is 0 Å². The zero-order chi connectivity index (χ0) is 19.9. The van der Waals surface area contributed by atoms with Gasteiger partial charge in [-0.15, -0.1) is 0 Å². The van der Waals surface area contributed by atoms with Crippen LogP contribution in [0.5, 0.6) is 0 Å². The molecular weight excluding hydrogens is 366 g/mol. The SMILES string of the molecule is CC(=O)NCCS.CC(C)(CO)C(O)C(=O)NCCC(=O)NCCS. The number of nitrogens with one attached hydrogen (secondary N) is 3. The molecule has 10 heteroatoms. The molecule has 8 nitrogen and oxygen atoms in total. The lowest BCUT2D eigenvalue weighted by molar-refractivity contribution is -0.137. The molecule has 0 radical (unpaired) electrons. The number of hydrogen-bond donors (Lipinski definition) is 7. The summed E-state index contributed by atoms with van der Waals surface area (Å²) in [6.45, 7) is 5.64. The predicted octanol–water partition coefficient (Wildman–Crippen LogP) is -1.03. The van der Waals surface area contributed by atoms with Crippen LogP contribution >= 0.6 is 25.3 Å². The van der Waals surface area contributed by atoms with Crippen molar-refractivity contribution < 1.29 is 24.6 Å². The van der Waals surface area contributed by atoms with Crippen LogP contribution in [0.15, 0.2) is 0 Å². The summed E-state index contributed by atoms with van der Waals surface area (Å²) < 4.78 is 0. The van der Waals surface area contributed by atoms with Crippen LogP contribution in [0, 0.1) is 5.41 Å². The fourth-order valence-electron chi connectivity index (χ4n) is 1.35. The normalized spacial score (nSPS) is 11.6. The van der Waals surface area contributed by atoms with Gasteiger partial charge in [0.25, 0.3) is 0 Å². The van der Waals surface area contributed by atoms with Crippen LogP contribution in [0.2, 0.25) is 0 Å². The van der Waals surface area contributed by atoms with Gasteiger partial charge >= 0.3 is 0 Å². The van der Waals surface area contributed by atoms with Crippen LogP contribution in [-0.4, -0.2) is 71.8 Å². The molecule has 0 spiro atoms. The van der Waals surface area contributed by atoms with Gasteiger partial charge in [-0.1, -0.05) is 13.8 Å². The molecule has 0 fully saturated rings. The Balaban J connectivity index is 0. The van der Waals surface area contributed by atoms with Gasteiger partial charge < -0.3 is 26.2 Å². The van der Waals surface area contributed by atoms with E-state index in [1.807, 2.05) is 0 Å². The molecule has 0 bridgehead atoms. The maximum absolute atomic E-state index is 11.5. The van der Waals surface area contributed by atoms with Gasteiger partial charge in [-0.2, -0.15) is 25.3 Å². The standard InChI is InChI=1S/C11H22N2O4S.C4H9NOS/c1-11(2,7-14)9(16)10(17)13-4-3-8(15)12-5-6-18;1-4(6)5-2-3-7/h9,14,16,18H,3-7H2,1-2H3,(H,12,15)(H,13,17);7H,2-3H2,1H3,(H,5,6). The molecule has 0 aliphatic carbocycles. The van der Waals surface area contributed by atoms with E-state index in [0.29, 0.717) is 24.6 Å². The molecule has 0 rings (SSSR count). The maximum Gasteiger partial charge on any atom is 0.249 e. The molecule has 0 aliphatic heterocycles. The third-order valence-corrected chi connectivity index (χ3v) is 3.41. The zero-order valence-corrected chi connectivity index (χ0v) is 16.8. The lowest BCUT2D eigenvalue weighted by atomic mass is 9.87. The highest BCUT2D eigenvalue weighted by atomic mass is 32.1. The molecule has 5 N–H and O–H groups in total.